The third-order valence-electron chi connectivity index (χ3n) is 1.28. The van der Waals surface area contributed by atoms with E-state index in [1.807, 2.05) is 0 Å². The van der Waals surface area contributed by atoms with Crippen LogP contribution < -0.4 is 0 Å². The molecule has 2 heteroatoms. The molecule has 0 N–H and O–H groups in total. The highest BCUT2D eigenvalue weighted by molar-refractivity contribution is 6.30. The average Bonchev–Trinajstić information content (AvgIpc) is 2.05. The predicted octanol–water partition coefficient (Wildman–Crippen LogP) is 2.51. The summed E-state index contributed by atoms with van der Waals surface area (Å²) in [5.74, 6) is -0.193. The summed E-state index contributed by atoms with van der Waals surface area (Å²) < 4.78 is 0. The van der Waals surface area contributed by atoms with E-state index >= 15 is 0 Å². The smallest absolute Gasteiger partial charge is 0.185 e. The van der Waals surface area contributed by atoms with Crippen LogP contribution in [-0.4, -0.2) is 5.78 Å². The minimum Gasteiger partial charge on any atom is -0.289 e. The Morgan fingerprint density at radius 3 is 2.36 bits per heavy atom. The van der Waals surface area contributed by atoms with Crippen LogP contribution in [0.3, 0.4) is 0 Å². The highest BCUT2D eigenvalue weighted by Crippen LogP contribution is 2.09. The van der Waals surface area contributed by atoms with Crippen molar-refractivity contribution in [2.24, 2.45) is 0 Å². The Morgan fingerprint density at radius 2 is 1.91 bits per heavy atom. The number of allylic oxidation sites excluding steroid dienone is 1. The van der Waals surface area contributed by atoms with Gasteiger partial charge in [-0.25, -0.2) is 0 Å². The van der Waals surface area contributed by atoms with E-state index in [1.165, 1.54) is 0 Å². The van der Waals surface area contributed by atoms with Crippen molar-refractivity contribution in [3.63, 3.8) is 0 Å². The molecule has 0 saturated carbocycles. The normalized spacial score (nSPS) is 9.18. The quantitative estimate of drug-likeness (QED) is 0.486. The maximum Gasteiger partial charge on any atom is 0.185 e. The fourth-order valence-electron chi connectivity index (χ4n) is 0.710. The number of ketones is 1. The molecule has 0 aliphatic heterocycles. The van der Waals surface area contributed by atoms with Crippen LogP contribution in [0.4, 0.5) is 0 Å². The van der Waals surface area contributed by atoms with Crippen molar-refractivity contribution >= 4 is 17.4 Å². The van der Waals surface area contributed by atoms with Gasteiger partial charge in [-0.1, -0.05) is 18.2 Å². The lowest BCUT2D eigenvalue weighted by molar-refractivity contribution is 0.104. The Hall–Kier alpha value is -1.08. The van der Waals surface area contributed by atoms with Gasteiger partial charge < -0.3 is 0 Å². The van der Waals surface area contributed by atoms with Crippen LogP contribution in [0.1, 0.15) is 10.4 Å². The molecule has 0 aliphatic carbocycles. The summed E-state index contributed by atoms with van der Waals surface area (Å²) in [5, 5.41) is 0.610. The van der Waals surface area contributed by atoms with E-state index in [9.17, 15) is 4.79 Å². The molecule has 0 heterocycles. The zero-order chi connectivity index (χ0) is 8.27. The van der Waals surface area contributed by atoms with Crippen molar-refractivity contribution in [1.29, 1.82) is 0 Å². The fourth-order valence-corrected chi connectivity index (χ4v) is 0.836. The first kappa shape index (κ1) is 8.02. The molecule has 1 nitrogen and oxygen atoms in total. The molecule has 11 heavy (non-hydrogen) atoms. The number of rotatable bonds is 2. The summed E-state index contributed by atoms with van der Waals surface area (Å²) in [6, 6.07) is 6.57. The molecule has 1 aromatic carbocycles. The molecule has 0 aromatic heterocycles. The van der Waals surface area contributed by atoms with Gasteiger partial charge in [-0.2, -0.15) is 0 Å². The predicted molar refractivity (Wildman–Crippen MR) is 44.7 cm³/mol. The summed E-state index contributed by atoms with van der Waals surface area (Å²) in [6.07, 6.45) is 1.03. The monoisotopic (exact) mass is 165 g/mol. The number of halogens is 1. The van der Waals surface area contributed by atoms with E-state index in [-0.39, 0.29) is 5.78 Å². The first-order valence-electron chi connectivity index (χ1n) is 3.09. The van der Waals surface area contributed by atoms with Crippen LogP contribution in [-0.2, 0) is 0 Å². The highest BCUT2D eigenvalue weighted by atomic mass is 35.5. The first-order chi connectivity index (χ1) is 5.24. The standard InChI is InChI=1S/C9H6ClO/c1-2-9(11)7-3-5-8(10)6-4-7/h1-6H. The van der Waals surface area contributed by atoms with Gasteiger partial charge >= 0.3 is 0 Å². The minimum atomic E-state index is -0.193. The van der Waals surface area contributed by atoms with Gasteiger partial charge in [0.05, 0.1) is 0 Å². The Bertz CT molecular complexity index is 274. The highest BCUT2D eigenvalue weighted by Gasteiger charge is 1.98. The van der Waals surface area contributed by atoms with Crippen molar-refractivity contribution in [2.45, 2.75) is 0 Å². The molecule has 1 aromatic rings. The van der Waals surface area contributed by atoms with Crippen molar-refractivity contribution in [2.75, 3.05) is 0 Å². The summed E-state index contributed by atoms with van der Waals surface area (Å²) >= 11 is 5.61. The summed E-state index contributed by atoms with van der Waals surface area (Å²) in [4.78, 5) is 10.9. The average molecular weight is 166 g/mol. The molecule has 55 valence electrons. The van der Waals surface area contributed by atoms with Gasteiger partial charge in [-0.3, -0.25) is 4.79 Å². The van der Waals surface area contributed by atoms with E-state index in [4.69, 9.17) is 18.2 Å². The molecule has 1 rings (SSSR count). The Morgan fingerprint density at radius 1 is 1.36 bits per heavy atom. The van der Waals surface area contributed by atoms with Crippen molar-refractivity contribution < 1.29 is 4.79 Å². The third kappa shape index (κ3) is 1.92. The van der Waals surface area contributed by atoms with Crippen LogP contribution in [0.25, 0.3) is 0 Å². The number of hydrogen-bond donors (Lipinski definition) is 0. The second-order valence-electron chi connectivity index (χ2n) is 2.04. The van der Waals surface area contributed by atoms with Crippen molar-refractivity contribution in [3.05, 3.63) is 47.5 Å². The fraction of sp³-hybridized carbons (Fsp3) is 0. The third-order valence-corrected chi connectivity index (χ3v) is 1.53. The van der Waals surface area contributed by atoms with Crippen LogP contribution in [0, 0.1) is 6.58 Å². The molecule has 1 radical (unpaired) electrons. The van der Waals surface area contributed by atoms with Crippen LogP contribution in [0.15, 0.2) is 30.3 Å². The number of carbonyl (C=O) groups is 1. The van der Waals surface area contributed by atoms with Gasteiger partial charge in [0, 0.05) is 10.6 Å². The van der Waals surface area contributed by atoms with E-state index in [2.05, 4.69) is 0 Å². The van der Waals surface area contributed by atoms with E-state index in [1.54, 1.807) is 24.3 Å². The van der Waals surface area contributed by atoms with Crippen LogP contribution in [0.2, 0.25) is 5.02 Å². The van der Waals surface area contributed by atoms with Gasteiger partial charge in [0.15, 0.2) is 5.78 Å². The van der Waals surface area contributed by atoms with E-state index in [0.717, 1.165) is 6.08 Å². The lowest BCUT2D eigenvalue weighted by Gasteiger charge is -1.93. The summed E-state index contributed by atoms with van der Waals surface area (Å²) in [7, 11) is 0. The van der Waals surface area contributed by atoms with Crippen LogP contribution >= 0.6 is 11.6 Å². The largest absolute Gasteiger partial charge is 0.289 e. The molecule has 0 fully saturated rings. The molecule has 0 amide bonds. The molecule has 0 unspecified atom stereocenters. The molecule has 0 saturated heterocycles. The summed E-state index contributed by atoms with van der Waals surface area (Å²) in [5.41, 5.74) is 0.553. The van der Waals surface area contributed by atoms with Gasteiger partial charge in [0.25, 0.3) is 0 Å². The van der Waals surface area contributed by atoms with Gasteiger partial charge in [0.2, 0.25) is 0 Å². The minimum absolute atomic E-state index is 0.193. The number of benzene rings is 1. The van der Waals surface area contributed by atoms with Gasteiger partial charge in [0.1, 0.15) is 0 Å². The molecular weight excluding hydrogens is 160 g/mol. The molecule has 0 aliphatic rings. The molecular formula is C9H6ClO. The topological polar surface area (TPSA) is 17.1 Å². The van der Waals surface area contributed by atoms with Crippen molar-refractivity contribution in [1.82, 2.24) is 0 Å². The number of carbonyl (C=O) groups excluding carboxylic acids is 1. The Balaban J connectivity index is 2.98. The zero-order valence-electron chi connectivity index (χ0n) is 5.75. The Kier molecular flexibility index (Phi) is 2.44. The SMILES string of the molecule is [CH]=CC(=O)c1ccc(Cl)cc1. The van der Waals surface area contributed by atoms with Gasteiger partial charge in [-0.05, 0) is 30.3 Å². The second-order valence-corrected chi connectivity index (χ2v) is 2.47. The molecule has 0 spiro atoms. The van der Waals surface area contributed by atoms with E-state index in [0.29, 0.717) is 10.6 Å². The maximum atomic E-state index is 10.9. The lowest BCUT2D eigenvalue weighted by Crippen LogP contribution is -1.91. The maximum absolute atomic E-state index is 10.9. The Labute approximate surface area is 70.3 Å². The molecule has 0 bridgehead atoms. The van der Waals surface area contributed by atoms with Crippen LogP contribution in [0.5, 0.6) is 0 Å². The second kappa shape index (κ2) is 3.35. The molecule has 0 atom stereocenters. The first-order valence-corrected chi connectivity index (χ1v) is 3.46. The number of hydrogen-bond acceptors (Lipinski definition) is 1. The summed E-state index contributed by atoms with van der Waals surface area (Å²) in [6.45, 7) is 5.03. The lowest BCUT2D eigenvalue weighted by atomic mass is 10.1. The van der Waals surface area contributed by atoms with Crippen molar-refractivity contribution in [3.8, 4) is 0 Å². The van der Waals surface area contributed by atoms with E-state index < -0.39 is 0 Å². The zero-order valence-corrected chi connectivity index (χ0v) is 6.51. The van der Waals surface area contributed by atoms with Gasteiger partial charge in [-0.15, -0.1) is 0 Å².